The molecule has 2 heterocycles. The van der Waals surface area contributed by atoms with Crippen molar-refractivity contribution in [3.8, 4) is 11.3 Å². The molecule has 31 heavy (non-hydrogen) atoms. The van der Waals surface area contributed by atoms with E-state index in [4.69, 9.17) is 0 Å². The van der Waals surface area contributed by atoms with Crippen LogP contribution in [0.5, 0.6) is 0 Å². The number of hydrogen-bond acceptors (Lipinski definition) is 2. The van der Waals surface area contributed by atoms with Gasteiger partial charge in [-0.1, -0.05) is 54.1 Å². The predicted molar refractivity (Wildman–Crippen MR) is 126 cm³/mol. The number of aromatic nitrogens is 2. The summed E-state index contributed by atoms with van der Waals surface area (Å²) >= 11 is 0. The zero-order valence-corrected chi connectivity index (χ0v) is 18.0. The topological polar surface area (TPSA) is 77.8 Å². The van der Waals surface area contributed by atoms with Gasteiger partial charge in [0.25, 0.3) is 0 Å². The minimum Gasteiger partial charge on any atom is -0.361 e. The first-order valence-corrected chi connectivity index (χ1v) is 11.7. The molecule has 3 aromatic carbocycles. The highest BCUT2D eigenvalue weighted by Crippen LogP contribution is 2.34. The minimum absolute atomic E-state index is 0.286. The fourth-order valence-electron chi connectivity index (χ4n) is 4.09. The molecule has 0 aliphatic carbocycles. The van der Waals surface area contributed by atoms with E-state index >= 15 is 0 Å². The average Bonchev–Trinajstić information content (AvgIpc) is 3.39. The molecule has 0 fully saturated rings. The van der Waals surface area contributed by atoms with Crippen molar-refractivity contribution >= 4 is 31.8 Å². The number of fused-ring (bicyclic) bond motifs is 2. The summed E-state index contributed by atoms with van der Waals surface area (Å²) in [6.45, 7) is 2.25. The maximum Gasteiger partial charge on any atom is 0.240 e. The Hall–Kier alpha value is -3.35. The van der Waals surface area contributed by atoms with Gasteiger partial charge < -0.3 is 9.97 Å². The number of aromatic amines is 2. The largest absolute Gasteiger partial charge is 0.361 e. The Morgan fingerprint density at radius 1 is 0.903 bits per heavy atom. The second-order valence-electron chi connectivity index (χ2n) is 7.73. The molecule has 5 rings (SSSR count). The molecular formula is C25H23N3O2S. The lowest BCUT2D eigenvalue weighted by atomic mass is 10.0. The van der Waals surface area contributed by atoms with Gasteiger partial charge in [-0.25, -0.2) is 13.1 Å². The molecule has 5 aromatic rings. The lowest BCUT2D eigenvalue weighted by Crippen LogP contribution is -2.26. The third-order valence-electron chi connectivity index (χ3n) is 5.67. The van der Waals surface area contributed by atoms with Crippen LogP contribution in [-0.2, 0) is 16.4 Å². The standard InChI is InChI=1S/C25H23N3O2S/c1-17-9-11-19(12-10-17)31(29,30)27-16-14-21-20-6-2-3-8-23(20)28-25(21)22-7-4-5-18-13-15-26-24(18)22/h2-13,15,26-28H,14,16H2,1H3. The fourth-order valence-corrected chi connectivity index (χ4v) is 5.13. The summed E-state index contributed by atoms with van der Waals surface area (Å²) in [7, 11) is -3.55. The summed E-state index contributed by atoms with van der Waals surface area (Å²) in [6, 6.07) is 23.3. The Balaban J connectivity index is 1.49. The normalized spacial score (nSPS) is 12.0. The highest BCUT2D eigenvalue weighted by atomic mass is 32.2. The van der Waals surface area contributed by atoms with Gasteiger partial charge in [-0.15, -0.1) is 0 Å². The van der Waals surface area contributed by atoms with Gasteiger partial charge in [-0.05, 0) is 43.2 Å². The van der Waals surface area contributed by atoms with Crippen molar-refractivity contribution in [2.45, 2.75) is 18.2 Å². The van der Waals surface area contributed by atoms with E-state index in [9.17, 15) is 8.42 Å². The highest BCUT2D eigenvalue weighted by molar-refractivity contribution is 7.89. The lowest BCUT2D eigenvalue weighted by molar-refractivity contribution is 0.581. The van der Waals surface area contributed by atoms with Crippen LogP contribution in [-0.4, -0.2) is 24.9 Å². The van der Waals surface area contributed by atoms with Crippen LogP contribution in [0.2, 0.25) is 0 Å². The number of para-hydroxylation sites is 2. The van der Waals surface area contributed by atoms with E-state index in [0.717, 1.165) is 44.2 Å². The van der Waals surface area contributed by atoms with E-state index in [0.29, 0.717) is 13.0 Å². The first-order chi connectivity index (χ1) is 15.0. The van der Waals surface area contributed by atoms with Crippen LogP contribution in [0.3, 0.4) is 0 Å². The zero-order valence-electron chi connectivity index (χ0n) is 17.1. The lowest BCUT2D eigenvalue weighted by Gasteiger charge is -2.09. The SMILES string of the molecule is Cc1ccc(S(=O)(=O)NCCc2c(-c3cccc4cc[nH]c34)[nH]c3ccccc23)cc1. The fraction of sp³-hybridized carbons (Fsp3) is 0.120. The molecule has 0 saturated carbocycles. The summed E-state index contributed by atoms with van der Waals surface area (Å²) < 4.78 is 28.2. The average molecular weight is 430 g/mol. The minimum atomic E-state index is -3.55. The van der Waals surface area contributed by atoms with Crippen LogP contribution < -0.4 is 4.72 Å². The van der Waals surface area contributed by atoms with Crippen molar-refractivity contribution in [2.75, 3.05) is 6.54 Å². The monoisotopic (exact) mass is 429 g/mol. The predicted octanol–water partition coefficient (Wildman–Crippen LogP) is 5.15. The molecule has 0 spiro atoms. The van der Waals surface area contributed by atoms with E-state index in [1.165, 1.54) is 0 Å². The maximum atomic E-state index is 12.7. The van der Waals surface area contributed by atoms with Crippen LogP contribution in [0.1, 0.15) is 11.1 Å². The van der Waals surface area contributed by atoms with Gasteiger partial charge in [0.2, 0.25) is 10.0 Å². The Kier molecular flexibility index (Phi) is 4.88. The van der Waals surface area contributed by atoms with Crippen LogP contribution in [0.15, 0.2) is 83.9 Å². The van der Waals surface area contributed by atoms with E-state index in [1.54, 1.807) is 12.1 Å². The molecule has 0 aliphatic rings. The van der Waals surface area contributed by atoms with Crippen molar-refractivity contribution in [3.05, 3.63) is 90.1 Å². The highest BCUT2D eigenvalue weighted by Gasteiger charge is 2.17. The third-order valence-corrected chi connectivity index (χ3v) is 7.15. The second kappa shape index (κ2) is 7.72. The molecule has 3 N–H and O–H groups in total. The molecule has 0 aliphatic heterocycles. The Bertz CT molecular complexity index is 1480. The molecule has 156 valence electrons. The summed E-state index contributed by atoms with van der Waals surface area (Å²) in [5.74, 6) is 0. The molecule has 5 nitrogen and oxygen atoms in total. The van der Waals surface area contributed by atoms with Crippen molar-refractivity contribution in [2.24, 2.45) is 0 Å². The van der Waals surface area contributed by atoms with Crippen LogP contribution in [0.4, 0.5) is 0 Å². The zero-order chi connectivity index (χ0) is 21.4. The Morgan fingerprint density at radius 2 is 1.71 bits per heavy atom. The second-order valence-corrected chi connectivity index (χ2v) is 9.50. The van der Waals surface area contributed by atoms with E-state index in [2.05, 4.69) is 39.0 Å². The molecule has 6 heteroatoms. The van der Waals surface area contributed by atoms with E-state index in [1.807, 2.05) is 49.5 Å². The molecule has 0 unspecified atom stereocenters. The number of rotatable bonds is 6. The first-order valence-electron chi connectivity index (χ1n) is 10.3. The summed E-state index contributed by atoms with van der Waals surface area (Å²) in [6.07, 6.45) is 2.51. The quantitative estimate of drug-likeness (QED) is 0.349. The number of sulfonamides is 1. The smallest absolute Gasteiger partial charge is 0.240 e. The molecule has 2 aromatic heterocycles. The van der Waals surface area contributed by atoms with Crippen molar-refractivity contribution < 1.29 is 8.42 Å². The van der Waals surface area contributed by atoms with Gasteiger partial charge >= 0.3 is 0 Å². The molecule has 0 radical (unpaired) electrons. The number of H-pyrrole nitrogens is 2. The van der Waals surface area contributed by atoms with Gasteiger partial charge in [0, 0.05) is 34.6 Å². The van der Waals surface area contributed by atoms with Gasteiger partial charge in [0.1, 0.15) is 0 Å². The first kappa shape index (κ1) is 19.6. The molecule has 0 atom stereocenters. The maximum absolute atomic E-state index is 12.7. The van der Waals surface area contributed by atoms with Gasteiger partial charge in [-0.3, -0.25) is 0 Å². The molecule has 0 bridgehead atoms. The summed E-state index contributed by atoms with van der Waals surface area (Å²) in [5, 5.41) is 2.25. The summed E-state index contributed by atoms with van der Waals surface area (Å²) in [5.41, 5.74) is 6.33. The number of benzene rings is 3. The van der Waals surface area contributed by atoms with Crippen LogP contribution in [0, 0.1) is 6.92 Å². The molecule has 0 saturated heterocycles. The van der Waals surface area contributed by atoms with Crippen molar-refractivity contribution in [1.29, 1.82) is 0 Å². The Morgan fingerprint density at radius 3 is 2.55 bits per heavy atom. The van der Waals surface area contributed by atoms with Crippen molar-refractivity contribution in [3.63, 3.8) is 0 Å². The van der Waals surface area contributed by atoms with Crippen LogP contribution in [0.25, 0.3) is 33.1 Å². The molecule has 0 amide bonds. The number of nitrogens with one attached hydrogen (secondary N) is 3. The van der Waals surface area contributed by atoms with Gasteiger partial charge in [0.05, 0.1) is 16.1 Å². The number of hydrogen-bond donors (Lipinski definition) is 3. The summed E-state index contributed by atoms with van der Waals surface area (Å²) in [4.78, 5) is 7.17. The van der Waals surface area contributed by atoms with Gasteiger partial charge in [-0.2, -0.15) is 0 Å². The number of aryl methyl sites for hydroxylation is 1. The Labute approximate surface area is 181 Å². The van der Waals surface area contributed by atoms with Crippen molar-refractivity contribution in [1.82, 2.24) is 14.7 Å². The molecular weight excluding hydrogens is 406 g/mol. The van der Waals surface area contributed by atoms with Gasteiger partial charge in [0.15, 0.2) is 0 Å². The third kappa shape index (κ3) is 3.65. The van der Waals surface area contributed by atoms with Crippen LogP contribution >= 0.6 is 0 Å². The van der Waals surface area contributed by atoms with E-state index in [-0.39, 0.29) is 4.90 Å². The van der Waals surface area contributed by atoms with E-state index < -0.39 is 10.0 Å².